The van der Waals surface area contributed by atoms with Gasteiger partial charge < -0.3 is 5.32 Å². The van der Waals surface area contributed by atoms with E-state index in [1.54, 1.807) is 0 Å². The highest BCUT2D eigenvalue weighted by Gasteiger charge is 2.13. The maximum Gasteiger partial charge on any atom is 0.130 e. The van der Waals surface area contributed by atoms with Crippen molar-refractivity contribution in [3.8, 4) is 0 Å². The molecule has 1 aliphatic heterocycles. The van der Waals surface area contributed by atoms with E-state index in [1.165, 1.54) is 31.5 Å². The zero-order valence-corrected chi connectivity index (χ0v) is 8.66. The van der Waals surface area contributed by atoms with Crippen LogP contribution in [0.15, 0.2) is 18.3 Å². The highest BCUT2D eigenvalue weighted by molar-refractivity contribution is 5.42. The molecular formula is C11H17N3. The summed E-state index contributed by atoms with van der Waals surface area (Å²) in [6.07, 6.45) is 4.52. The van der Waals surface area contributed by atoms with Gasteiger partial charge in [-0.2, -0.15) is 0 Å². The second kappa shape index (κ2) is 4.42. The van der Waals surface area contributed by atoms with Crippen LogP contribution in [0.3, 0.4) is 0 Å². The molecule has 2 rings (SSSR count). The van der Waals surface area contributed by atoms with Crippen LogP contribution >= 0.6 is 0 Å². The van der Waals surface area contributed by atoms with Gasteiger partial charge in [-0.3, -0.25) is 4.90 Å². The highest BCUT2D eigenvalue weighted by atomic mass is 15.1. The topological polar surface area (TPSA) is 28.2 Å². The van der Waals surface area contributed by atoms with Crippen LogP contribution in [-0.4, -0.2) is 30.0 Å². The van der Waals surface area contributed by atoms with Crippen molar-refractivity contribution in [3.63, 3.8) is 0 Å². The maximum atomic E-state index is 4.30. The van der Waals surface area contributed by atoms with Crippen LogP contribution in [0, 0.1) is 0 Å². The zero-order chi connectivity index (χ0) is 9.80. The van der Waals surface area contributed by atoms with Gasteiger partial charge in [0.15, 0.2) is 0 Å². The molecule has 14 heavy (non-hydrogen) atoms. The smallest absolute Gasteiger partial charge is 0.130 e. The van der Waals surface area contributed by atoms with Gasteiger partial charge in [0.1, 0.15) is 5.82 Å². The number of hydrogen-bond donors (Lipinski definition) is 1. The van der Waals surface area contributed by atoms with Gasteiger partial charge in [0.05, 0.1) is 0 Å². The third-order valence-corrected chi connectivity index (χ3v) is 2.72. The standard InChI is InChI=1S/C11H17N3/c1-12-11-10(5-4-6-13-11)9-14-7-2-3-8-14/h4-6H,2-3,7-9H2,1H3,(H,12,13). The minimum Gasteiger partial charge on any atom is -0.373 e. The Labute approximate surface area is 85.1 Å². The summed E-state index contributed by atoms with van der Waals surface area (Å²) >= 11 is 0. The Bertz CT molecular complexity index is 292. The van der Waals surface area contributed by atoms with Crippen LogP contribution in [0.1, 0.15) is 18.4 Å². The largest absolute Gasteiger partial charge is 0.373 e. The molecule has 1 N–H and O–H groups in total. The van der Waals surface area contributed by atoms with Crippen LogP contribution in [-0.2, 0) is 6.54 Å². The Kier molecular flexibility index (Phi) is 2.99. The molecule has 1 aromatic heterocycles. The lowest BCUT2D eigenvalue weighted by Crippen LogP contribution is -2.19. The number of aromatic nitrogens is 1. The number of hydrogen-bond acceptors (Lipinski definition) is 3. The van der Waals surface area contributed by atoms with Crippen molar-refractivity contribution >= 4 is 5.82 Å². The maximum absolute atomic E-state index is 4.30. The van der Waals surface area contributed by atoms with Crippen molar-refractivity contribution in [1.82, 2.24) is 9.88 Å². The molecule has 1 aliphatic rings. The van der Waals surface area contributed by atoms with Gasteiger partial charge in [-0.25, -0.2) is 4.98 Å². The van der Waals surface area contributed by atoms with E-state index in [2.05, 4.69) is 21.3 Å². The minimum atomic E-state index is 1.01. The second-order valence-corrected chi connectivity index (χ2v) is 3.74. The van der Waals surface area contributed by atoms with Gasteiger partial charge in [0, 0.05) is 25.4 Å². The number of pyridine rings is 1. The number of nitrogens with one attached hydrogen (secondary N) is 1. The van der Waals surface area contributed by atoms with E-state index in [0.29, 0.717) is 0 Å². The highest BCUT2D eigenvalue weighted by Crippen LogP contribution is 2.16. The summed E-state index contributed by atoms with van der Waals surface area (Å²) in [6.45, 7) is 3.50. The second-order valence-electron chi connectivity index (χ2n) is 3.74. The molecule has 76 valence electrons. The van der Waals surface area contributed by atoms with E-state index in [-0.39, 0.29) is 0 Å². The summed E-state index contributed by atoms with van der Waals surface area (Å²) < 4.78 is 0. The molecular weight excluding hydrogens is 174 g/mol. The van der Waals surface area contributed by atoms with Gasteiger partial charge in [-0.1, -0.05) is 6.07 Å². The summed E-state index contributed by atoms with van der Waals surface area (Å²) in [4.78, 5) is 6.79. The fraction of sp³-hybridized carbons (Fsp3) is 0.545. The van der Waals surface area contributed by atoms with Crippen molar-refractivity contribution in [3.05, 3.63) is 23.9 Å². The van der Waals surface area contributed by atoms with Crippen LogP contribution < -0.4 is 5.32 Å². The van der Waals surface area contributed by atoms with Crippen molar-refractivity contribution in [1.29, 1.82) is 0 Å². The molecule has 1 saturated heterocycles. The molecule has 0 bridgehead atoms. The van der Waals surface area contributed by atoms with Crippen LogP contribution in [0.25, 0.3) is 0 Å². The van der Waals surface area contributed by atoms with Crippen LogP contribution in [0.4, 0.5) is 5.82 Å². The SMILES string of the molecule is CNc1ncccc1CN1CCCC1. The molecule has 0 atom stereocenters. The summed E-state index contributed by atoms with van der Waals surface area (Å²) in [7, 11) is 1.93. The van der Waals surface area contributed by atoms with E-state index < -0.39 is 0 Å². The van der Waals surface area contributed by atoms with E-state index in [1.807, 2.05) is 19.3 Å². The molecule has 3 heteroatoms. The molecule has 0 aromatic carbocycles. The molecule has 0 spiro atoms. The number of rotatable bonds is 3. The molecule has 0 unspecified atom stereocenters. The Balaban J connectivity index is 2.07. The number of anilines is 1. The van der Waals surface area contributed by atoms with Crippen molar-refractivity contribution in [2.45, 2.75) is 19.4 Å². The summed E-state index contributed by atoms with van der Waals surface area (Å²) in [5.41, 5.74) is 1.30. The Morgan fingerprint density at radius 2 is 2.21 bits per heavy atom. The third-order valence-electron chi connectivity index (χ3n) is 2.72. The first-order valence-electron chi connectivity index (χ1n) is 5.24. The molecule has 0 radical (unpaired) electrons. The number of likely N-dealkylation sites (tertiary alicyclic amines) is 1. The normalized spacial score (nSPS) is 17.2. The van der Waals surface area contributed by atoms with Crippen molar-refractivity contribution in [2.75, 3.05) is 25.5 Å². The number of nitrogens with zero attached hydrogens (tertiary/aromatic N) is 2. The third kappa shape index (κ3) is 2.04. The lowest BCUT2D eigenvalue weighted by Gasteiger charge is -2.16. The van der Waals surface area contributed by atoms with E-state index in [4.69, 9.17) is 0 Å². The molecule has 3 nitrogen and oxygen atoms in total. The monoisotopic (exact) mass is 191 g/mol. The summed E-state index contributed by atoms with van der Waals surface area (Å²) in [5.74, 6) is 1.01. The molecule has 0 aliphatic carbocycles. The first-order chi connectivity index (χ1) is 6.90. The first-order valence-corrected chi connectivity index (χ1v) is 5.24. The molecule has 0 amide bonds. The fourth-order valence-electron chi connectivity index (χ4n) is 1.97. The van der Waals surface area contributed by atoms with Gasteiger partial charge in [-0.15, -0.1) is 0 Å². The lowest BCUT2D eigenvalue weighted by atomic mass is 10.2. The van der Waals surface area contributed by atoms with E-state index in [0.717, 1.165) is 12.4 Å². The Morgan fingerprint density at radius 3 is 2.93 bits per heavy atom. The quantitative estimate of drug-likeness (QED) is 0.788. The predicted octanol–water partition coefficient (Wildman–Crippen LogP) is 1.72. The molecule has 2 heterocycles. The first kappa shape index (κ1) is 9.46. The van der Waals surface area contributed by atoms with Gasteiger partial charge >= 0.3 is 0 Å². The van der Waals surface area contributed by atoms with Crippen molar-refractivity contribution < 1.29 is 0 Å². The molecule has 1 aromatic rings. The van der Waals surface area contributed by atoms with Crippen LogP contribution in [0.5, 0.6) is 0 Å². The lowest BCUT2D eigenvalue weighted by molar-refractivity contribution is 0.331. The minimum absolute atomic E-state index is 1.01. The van der Waals surface area contributed by atoms with Crippen LogP contribution in [0.2, 0.25) is 0 Å². The van der Waals surface area contributed by atoms with Gasteiger partial charge in [-0.05, 0) is 32.0 Å². The average molecular weight is 191 g/mol. The fourth-order valence-corrected chi connectivity index (χ4v) is 1.97. The molecule has 1 fully saturated rings. The average Bonchev–Trinajstić information content (AvgIpc) is 2.71. The zero-order valence-electron chi connectivity index (χ0n) is 8.66. The van der Waals surface area contributed by atoms with Crippen molar-refractivity contribution in [2.24, 2.45) is 0 Å². The van der Waals surface area contributed by atoms with E-state index in [9.17, 15) is 0 Å². The predicted molar refractivity (Wildman–Crippen MR) is 58.3 cm³/mol. The van der Waals surface area contributed by atoms with Gasteiger partial charge in [0.25, 0.3) is 0 Å². The molecule has 0 saturated carbocycles. The Morgan fingerprint density at radius 1 is 1.43 bits per heavy atom. The summed E-state index contributed by atoms with van der Waals surface area (Å²) in [5, 5.41) is 3.13. The summed E-state index contributed by atoms with van der Waals surface area (Å²) in [6, 6.07) is 4.16. The van der Waals surface area contributed by atoms with Gasteiger partial charge in [0.2, 0.25) is 0 Å². The van der Waals surface area contributed by atoms with E-state index >= 15 is 0 Å². The Hall–Kier alpha value is -1.09.